The van der Waals surface area contributed by atoms with Crippen LogP contribution in [-0.2, 0) is 11.3 Å². The van der Waals surface area contributed by atoms with E-state index in [9.17, 15) is 9.90 Å². The van der Waals surface area contributed by atoms with Crippen molar-refractivity contribution in [2.45, 2.75) is 32.9 Å². The second-order valence-corrected chi connectivity index (χ2v) is 7.86. The number of phenolic OH excluding ortho intramolecular Hbond substituents is 1. The monoisotopic (exact) mass is 406 g/mol. The van der Waals surface area contributed by atoms with E-state index in [-0.39, 0.29) is 11.7 Å². The highest BCUT2D eigenvalue weighted by Crippen LogP contribution is 2.35. The van der Waals surface area contributed by atoms with E-state index in [0.717, 1.165) is 16.9 Å². The summed E-state index contributed by atoms with van der Waals surface area (Å²) >= 11 is 0. The predicted octanol–water partition coefficient (Wildman–Crippen LogP) is 5.09. The third-order valence-electron chi connectivity index (χ3n) is 4.33. The van der Waals surface area contributed by atoms with E-state index in [1.807, 2.05) is 56.0 Å². The molecule has 0 aliphatic heterocycles. The van der Waals surface area contributed by atoms with Gasteiger partial charge in [-0.2, -0.15) is 0 Å². The van der Waals surface area contributed by atoms with E-state index in [0.29, 0.717) is 17.9 Å². The third kappa shape index (κ3) is 5.29. The average Bonchev–Trinajstić information content (AvgIpc) is 2.71. The number of carbonyl (C=O) groups is 1. The Balaban J connectivity index is 2.01. The molecule has 0 aliphatic carbocycles. The molecule has 0 amide bonds. The summed E-state index contributed by atoms with van der Waals surface area (Å²) in [5, 5.41) is 10.3. The molecule has 1 heterocycles. The Hall–Kier alpha value is -3.54. The number of aromatic hydroxyl groups is 1. The Morgan fingerprint density at radius 2 is 1.83 bits per heavy atom. The highest BCUT2D eigenvalue weighted by Gasteiger charge is 2.20. The van der Waals surface area contributed by atoms with Crippen molar-refractivity contribution in [2.24, 2.45) is 0 Å². The SMILES string of the molecule is COc1ccc(N(Cc2cccnc2)c2cccc(C(=O)OC(C)(C)C)c2)cc1O. The molecule has 30 heavy (non-hydrogen) atoms. The number of hydrogen-bond donors (Lipinski definition) is 1. The number of carbonyl (C=O) groups excluding carboxylic acids is 1. The van der Waals surface area contributed by atoms with Crippen molar-refractivity contribution < 1.29 is 19.4 Å². The van der Waals surface area contributed by atoms with Gasteiger partial charge in [0.1, 0.15) is 5.60 Å². The molecule has 2 aromatic carbocycles. The first-order valence-electron chi connectivity index (χ1n) is 9.64. The highest BCUT2D eigenvalue weighted by molar-refractivity contribution is 5.91. The lowest BCUT2D eigenvalue weighted by Crippen LogP contribution is -2.24. The van der Waals surface area contributed by atoms with Crippen LogP contribution in [0.4, 0.5) is 11.4 Å². The molecule has 3 rings (SSSR count). The van der Waals surface area contributed by atoms with Crippen LogP contribution in [0.1, 0.15) is 36.7 Å². The summed E-state index contributed by atoms with van der Waals surface area (Å²) in [7, 11) is 1.51. The first-order chi connectivity index (χ1) is 14.3. The maximum atomic E-state index is 12.6. The second kappa shape index (κ2) is 8.86. The summed E-state index contributed by atoms with van der Waals surface area (Å²) in [5.74, 6) is 0.0420. The molecule has 6 nitrogen and oxygen atoms in total. The van der Waals surface area contributed by atoms with Gasteiger partial charge in [-0.05, 0) is 62.7 Å². The van der Waals surface area contributed by atoms with Crippen LogP contribution in [0.2, 0.25) is 0 Å². The number of hydrogen-bond acceptors (Lipinski definition) is 6. The van der Waals surface area contributed by atoms with Gasteiger partial charge < -0.3 is 19.5 Å². The Morgan fingerprint density at radius 3 is 2.47 bits per heavy atom. The summed E-state index contributed by atoms with van der Waals surface area (Å²) < 4.78 is 10.7. The van der Waals surface area contributed by atoms with Gasteiger partial charge in [0.15, 0.2) is 11.5 Å². The number of anilines is 2. The highest BCUT2D eigenvalue weighted by atomic mass is 16.6. The molecular weight excluding hydrogens is 380 g/mol. The van der Waals surface area contributed by atoms with Gasteiger partial charge in [-0.3, -0.25) is 4.98 Å². The van der Waals surface area contributed by atoms with E-state index >= 15 is 0 Å². The Bertz CT molecular complexity index is 1010. The van der Waals surface area contributed by atoms with Crippen LogP contribution >= 0.6 is 0 Å². The summed E-state index contributed by atoms with van der Waals surface area (Å²) in [6, 6.07) is 16.3. The fraction of sp³-hybridized carbons (Fsp3) is 0.250. The number of phenols is 1. The number of rotatable bonds is 6. The Morgan fingerprint density at radius 1 is 1.07 bits per heavy atom. The van der Waals surface area contributed by atoms with E-state index in [4.69, 9.17) is 9.47 Å². The molecule has 0 atom stereocenters. The number of aromatic nitrogens is 1. The zero-order valence-electron chi connectivity index (χ0n) is 17.6. The molecule has 0 bridgehead atoms. The molecule has 156 valence electrons. The fourth-order valence-corrected chi connectivity index (χ4v) is 2.99. The van der Waals surface area contributed by atoms with Crippen LogP contribution in [0, 0.1) is 0 Å². The summed E-state index contributed by atoms with van der Waals surface area (Å²) in [4.78, 5) is 18.7. The van der Waals surface area contributed by atoms with Crippen molar-refractivity contribution in [3.63, 3.8) is 0 Å². The normalized spacial score (nSPS) is 11.1. The van der Waals surface area contributed by atoms with E-state index in [1.165, 1.54) is 7.11 Å². The molecular formula is C24H26N2O4. The van der Waals surface area contributed by atoms with Gasteiger partial charge in [-0.15, -0.1) is 0 Å². The molecule has 3 aromatic rings. The van der Waals surface area contributed by atoms with Crippen molar-refractivity contribution in [1.29, 1.82) is 0 Å². The molecule has 0 saturated carbocycles. The minimum Gasteiger partial charge on any atom is -0.504 e. The minimum atomic E-state index is -0.579. The summed E-state index contributed by atoms with van der Waals surface area (Å²) in [5.41, 5.74) is 2.39. The number of methoxy groups -OCH3 is 1. The van der Waals surface area contributed by atoms with Gasteiger partial charge in [0.2, 0.25) is 0 Å². The Kier molecular flexibility index (Phi) is 6.26. The summed E-state index contributed by atoms with van der Waals surface area (Å²) in [6.07, 6.45) is 3.50. The molecule has 0 unspecified atom stereocenters. The molecule has 0 radical (unpaired) electrons. The van der Waals surface area contributed by atoms with Gasteiger partial charge in [-0.1, -0.05) is 12.1 Å². The molecule has 6 heteroatoms. The van der Waals surface area contributed by atoms with Crippen molar-refractivity contribution in [2.75, 3.05) is 12.0 Å². The maximum Gasteiger partial charge on any atom is 0.338 e. The van der Waals surface area contributed by atoms with Crippen molar-refractivity contribution >= 4 is 17.3 Å². The zero-order chi connectivity index (χ0) is 21.7. The van der Waals surface area contributed by atoms with Crippen LogP contribution < -0.4 is 9.64 Å². The van der Waals surface area contributed by atoms with E-state index in [2.05, 4.69) is 4.98 Å². The number of ether oxygens (including phenoxy) is 2. The van der Waals surface area contributed by atoms with Crippen molar-refractivity contribution in [3.05, 3.63) is 78.1 Å². The first-order valence-corrected chi connectivity index (χ1v) is 9.64. The number of pyridine rings is 1. The largest absolute Gasteiger partial charge is 0.504 e. The van der Waals surface area contributed by atoms with Crippen molar-refractivity contribution in [3.8, 4) is 11.5 Å². The van der Waals surface area contributed by atoms with Crippen LogP contribution in [0.3, 0.4) is 0 Å². The van der Waals surface area contributed by atoms with Crippen LogP contribution in [0.25, 0.3) is 0 Å². The van der Waals surface area contributed by atoms with Gasteiger partial charge in [0.25, 0.3) is 0 Å². The first kappa shape index (κ1) is 21.2. The van der Waals surface area contributed by atoms with Crippen LogP contribution in [0.15, 0.2) is 67.0 Å². The third-order valence-corrected chi connectivity index (χ3v) is 4.33. The zero-order valence-corrected chi connectivity index (χ0v) is 17.6. The van der Waals surface area contributed by atoms with Gasteiger partial charge in [0, 0.05) is 36.4 Å². The quantitative estimate of drug-likeness (QED) is 0.575. The topological polar surface area (TPSA) is 71.9 Å². The number of esters is 1. The van der Waals surface area contributed by atoms with Crippen LogP contribution in [-0.4, -0.2) is 28.8 Å². The Labute approximate surface area is 176 Å². The van der Waals surface area contributed by atoms with Gasteiger partial charge in [-0.25, -0.2) is 4.79 Å². The standard InChI is InChI=1S/C24H26N2O4/c1-24(2,3)30-23(28)18-8-5-9-19(13-18)26(16-17-7-6-12-25-15-17)20-10-11-22(29-4)21(27)14-20/h5-15,27H,16H2,1-4H3. The smallest absolute Gasteiger partial charge is 0.338 e. The lowest BCUT2D eigenvalue weighted by molar-refractivity contribution is 0.00695. The lowest BCUT2D eigenvalue weighted by Gasteiger charge is -2.26. The maximum absolute atomic E-state index is 12.6. The molecule has 0 spiro atoms. The van der Waals surface area contributed by atoms with E-state index in [1.54, 1.807) is 36.7 Å². The van der Waals surface area contributed by atoms with E-state index < -0.39 is 5.60 Å². The second-order valence-electron chi connectivity index (χ2n) is 7.86. The fourth-order valence-electron chi connectivity index (χ4n) is 2.99. The van der Waals surface area contributed by atoms with Gasteiger partial charge in [0.05, 0.1) is 12.7 Å². The minimum absolute atomic E-state index is 0.0366. The molecule has 0 aliphatic rings. The summed E-state index contributed by atoms with van der Waals surface area (Å²) in [6.45, 7) is 6.01. The molecule has 1 aromatic heterocycles. The van der Waals surface area contributed by atoms with Gasteiger partial charge >= 0.3 is 5.97 Å². The van der Waals surface area contributed by atoms with Crippen molar-refractivity contribution in [1.82, 2.24) is 4.98 Å². The average molecular weight is 406 g/mol. The predicted molar refractivity (Wildman–Crippen MR) is 116 cm³/mol. The van der Waals surface area contributed by atoms with Crippen LogP contribution in [0.5, 0.6) is 11.5 Å². The molecule has 0 saturated heterocycles. The molecule has 0 fully saturated rings. The lowest BCUT2D eigenvalue weighted by atomic mass is 10.1. The number of nitrogens with zero attached hydrogens (tertiary/aromatic N) is 2. The molecule has 1 N–H and O–H groups in total. The number of benzene rings is 2.